The Bertz CT molecular complexity index is 599. The van der Waals surface area contributed by atoms with Crippen LogP contribution in [-0.2, 0) is 4.79 Å². The van der Waals surface area contributed by atoms with Crippen LogP contribution < -0.4 is 4.90 Å². The first kappa shape index (κ1) is 20.1. The van der Waals surface area contributed by atoms with E-state index in [1.807, 2.05) is 26.2 Å². The van der Waals surface area contributed by atoms with Gasteiger partial charge in [-0.25, -0.2) is 4.39 Å². The van der Waals surface area contributed by atoms with Crippen molar-refractivity contribution >= 4 is 11.6 Å². The van der Waals surface area contributed by atoms with Crippen molar-refractivity contribution in [1.29, 1.82) is 0 Å². The van der Waals surface area contributed by atoms with Crippen LogP contribution in [-0.4, -0.2) is 86.6 Å². The molecule has 1 aromatic carbocycles. The second-order valence-corrected chi connectivity index (χ2v) is 8.04. The van der Waals surface area contributed by atoms with Crippen LogP contribution in [0.15, 0.2) is 24.3 Å². The van der Waals surface area contributed by atoms with Gasteiger partial charge in [-0.3, -0.25) is 9.69 Å². The van der Waals surface area contributed by atoms with E-state index in [1.165, 1.54) is 18.6 Å². The summed E-state index contributed by atoms with van der Waals surface area (Å²) in [5.74, 6) is 0.126. The van der Waals surface area contributed by atoms with Crippen molar-refractivity contribution < 1.29 is 9.18 Å². The van der Waals surface area contributed by atoms with Crippen LogP contribution in [0.5, 0.6) is 0 Å². The van der Waals surface area contributed by atoms with Crippen LogP contribution in [0.25, 0.3) is 0 Å². The number of benzene rings is 1. The third kappa shape index (κ3) is 5.66. The molecule has 0 saturated carbocycles. The average Bonchev–Trinajstić information content (AvgIpc) is 2.68. The van der Waals surface area contributed by atoms with Gasteiger partial charge in [0.2, 0.25) is 5.91 Å². The second-order valence-electron chi connectivity index (χ2n) is 8.04. The number of piperidine rings is 1. The van der Waals surface area contributed by atoms with Crippen LogP contribution in [0.2, 0.25) is 0 Å². The van der Waals surface area contributed by atoms with E-state index in [4.69, 9.17) is 0 Å². The first-order valence-corrected chi connectivity index (χ1v) is 10.2. The normalized spacial score (nSPS) is 21.7. The smallest absolute Gasteiger partial charge is 0.222 e. The predicted octanol–water partition coefficient (Wildman–Crippen LogP) is 2.28. The van der Waals surface area contributed by atoms with Crippen LogP contribution in [0.4, 0.5) is 10.1 Å². The van der Waals surface area contributed by atoms with Crippen molar-refractivity contribution in [1.82, 2.24) is 14.7 Å². The Kier molecular flexibility index (Phi) is 7.07. The van der Waals surface area contributed by atoms with Gasteiger partial charge in [-0.15, -0.1) is 0 Å². The first-order chi connectivity index (χ1) is 13.0. The number of hydrogen-bond donors (Lipinski definition) is 0. The Hall–Kier alpha value is -1.66. The number of piperazine rings is 1. The molecule has 6 heteroatoms. The number of anilines is 1. The molecule has 0 bridgehead atoms. The standard InChI is InChI=1S/C21H33FN4O/c1-23(2)11-4-6-21(27)26-12-3-5-20(17-26)25-15-13-24(14-16-25)19-9-7-18(22)8-10-19/h7-10,20H,3-6,11-17H2,1-2H3. The van der Waals surface area contributed by atoms with Gasteiger partial charge in [-0.05, 0) is 64.2 Å². The van der Waals surface area contributed by atoms with Crippen molar-refractivity contribution in [2.45, 2.75) is 31.7 Å². The Labute approximate surface area is 162 Å². The Balaban J connectivity index is 1.46. The van der Waals surface area contributed by atoms with Gasteiger partial charge in [0.05, 0.1) is 0 Å². The summed E-state index contributed by atoms with van der Waals surface area (Å²) in [7, 11) is 4.10. The molecule has 3 rings (SSSR count). The lowest BCUT2D eigenvalue weighted by atomic mass is 10.0. The zero-order chi connectivity index (χ0) is 19.2. The molecule has 2 aliphatic heterocycles. The largest absolute Gasteiger partial charge is 0.369 e. The van der Waals surface area contributed by atoms with E-state index in [9.17, 15) is 9.18 Å². The third-order valence-electron chi connectivity index (χ3n) is 5.77. The van der Waals surface area contributed by atoms with E-state index < -0.39 is 0 Å². The number of rotatable bonds is 6. The number of nitrogens with zero attached hydrogens (tertiary/aromatic N) is 4. The number of halogens is 1. The second kappa shape index (κ2) is 9.51. The highest BCUT2D eigenvalue weighted by Crippen LogP contribution is 2.21. The fourth-order valence-corrected chi connectivity index (χ4v) is 4.18. The molecular formula is C21H33FN4O. The van der Waals surface area contributed by atoms with Crippen molar-refractivity contribution in [2.24, 2.45) is 0 Å². The summed E-state index contributed by atoms with van der Waals surface area (Å²) in [5, 5.41) is 0. The van der Waals surface area contributed by atoms with Crippen LogP contribution in [0, 0.1) is 5.82 Å². The summed E-state index contributed by atoms with van der Waals surface area (Å²) < 4.78 is 13.1. The lowest BCUT2D eigenvalue weighted by Crippen LogP contribution is -2.55. The SMILES string of the molecule is CN(C)CCCC(=O)N1CCCC(N2CCN(c3ccc(F)cc3)CC2)C1. The van der Waals surface area contributed by atoms with Crippen molar-refractivity contribution in [3.8, 4) is 0 Å². The van der Waals surface area contributed by atoms with Gasteiger partial charge >= 0.3 is 0 Å². The number of hydrogen-bond acceptors (Lipinski definition) is 4. The fourth-order valence-electron chi connectivity index (χ4n) is 4.18. The summed E-state index contributed by atoms with van der Waals surface area (Å²) in [6.45, 7) is 6.67. The highest BCUT2D eigenvalue weighted by molar-refractivity contribution is 5.76. The fraction of sp³-hybridized carbons (Fsp3) is 0.667. The topological polar surface area (TPSA) is 30.0 Å². The van der Waals surface area contributed by atoms with Gasteiger partial charge in [0.15, 0.2) is 0 Å². The Morgan fingerprint density at radius 2 is 1.81 bits per heavy atom. The summed E-state index contributed by atoms with van der Waals surface area (Å²) in [4.78, 5) is 21.6. The lowest BCUT2D eigenvalue weighted by Gasteiger charge is -2.44. The van der Waals surface area contributed by atoms with E-state index >= 15 is 0 Å². The maximum absolute atomic E-state index is 13.1. The minimum absolute atomic E-state index is 0.185. The minimum Gasteiger partial charge on any atom is -0.369 e. The molecule has 0 spiro atoms. The van der Waals surface area contributed by atoms with Gasteiger partial charge in [-0.1, -0.05) is 0 Å². The van der Waals surface area contributed by atoms with Gasteiger partial charge in [-0.2, -0.15) is 0 Å². The number of likely N-dealkylation sites (tertiary alicyclic amines) is 1. The predicted molar refractivity (Wildman–Crippen MR) is 108 cm³/mol. The monoisotopic (exact) mass is 376 g/mol. The van der Waals surface area contributed by atoms with Crippen molar-refractivity contribution in [3.63, 3.8) is 0 Å². The summed E-state index contributed by atoms with van der Waals surface area (Å²) in [5.41, 5.74) is 1.09. The van der Waals surface area contributed by atoms with E-state index in [2.05, 4.69) is 19.6 Å². The number of carbonyl (C=O) groups excluding carboxylic acids is 1. The third-order valence-corrected chi connectivity index (χ3v) is 5.77. The maximum Gasteiger partial charge on any atom is 0.222 e. The molecule has 150 valence electrons. The van der Waals surface area contributed by atoms with Gasteiger partial charge in [0.25, 0.3) is 0 Å². The van der Waals surface area contributed by atoms with E-state index in [1.54, 1.807) is 0 Å². The summed E-state index contributed by atoms with van der Waals surface area (Å²) in [6, 6.07) is 7.26. The molecule has 27 heavy (non-hydrogen) atoms. The molecule has 0 N–H and O–H groups in total. The highest BCUT2D eigenvalue weighted by atomic mass is 19.1. The molecule has 2 aliphatic rings. The molecule has 2 saturated heterocycles. The first-order valence-electron chi connectivity index (χ1n) is 10.2. The molecule has 0 aromatic heterocycles. The highest BCUT2D eigenvalue weighted by Gasteiger charge is 2.29. The minimum atomic E-state index is -0.185. The Morgan fingerprint density at radius 3 is 2.48 bits per heavy atom. The molecule has 0 radical (unpaired) electrons. The molecule has 2 heterocycles. The van der Waals surface area contributed by atoms with Crippen LogP contribution in [0.3, 0.4) is 0 Å². The maximum atomic E-state index is 13.1. The van der Waals surface area contributed by atoms with Gasteiger partial charge in [0, 0.05) is 57.4 Å². The quantitative estimate of drug-likeness (QED) is 0.762. The molecule has 1 unspecified atom stereocenters. The van der Waals surface area contributed by atoms with Crippen molar-refractivity contribution in [3.05, 3.63) is 30.1 Å². The van der Waals surface area contributed by atoms with Gasteiger partial charge in [0.1, 0.15) is 5.82 Å². The molecule has 0 aliphatic carbocycles. The Morgan fingerprint density at radius 1 is 1.11 bits per heavy atom. The lowest BCUT2D eigenvalue weighted by molar-refractivity contribution is -0.133. The van der Waals surface area contributed by atoms with E-state index in [-0.39, 0.29) is 5.82 Å². The van der Waals surface area contributed by atoms with E-state index in [0.717, 1.165) is 64.3 Å². The molecule has 2 fully saturated rings. The molecule has 1 amide bonds. The van der Waals surface area contributed by atoms with Crippen molar-refractivity contribution in [2.75, 3.05) is 64.8 Å². The molecular weight excluding hydrogens is 343 g/mol. The number of carbonyl (C=O) groups is 1. The van der Waals surface area contributed by atoms with E-state index in [0.29, 0.717) is 18.4 Å². The summed E-state index contributed by atoms with van der Waals surface area (Å²) >= 11 is 0. The average molecular weight is 377 g/mol. The van der Waals surface area contributed by atoms with Crippen LogP contribution >= 0.6 is 0 Å². The number of amides is 1. The van der Waals surface area contributed by atoms with Crippen LogP contribution in [0.1, 0.15) is 25.7 Å². The molecule has 5 nitrogen and oxygen atoms in total. The molecule has 1 aromatic rings. The van der Waals surface area contributed by atoms with Gasteiger partial charge < -0.3 is 14.7 Å². The summed E-state index contributed by atoms with van der Waals surface area (Å²) in [6.07, 6.45) is 3.87. The zero-order valence-electron chi connectivity index (χ0n) is 16.7. The zero-order valence-corrected chi connectivity index (χ0v) is 16.7. The molecule has 1 atom stereocenters.